The van der Waals surface area contributed by atoms with Crippen molar-refractivity contribution in [2.75, 3.05) is 0 Å². The highest BCUT2D eigenvalue weighted by atomic mass is 35.5. The third-order valence-electron chi connectivity index (χ3n) is 4.44. The van der Waals surface area contributed by atoms with Crippen LogP contribution in [0.2, 0.25) is 5.15 Å². The summed E-state index contributed by atoms with van der Waals surface area (Å²) in [6.07, 6.45) is 4.81. The van der Waals surface area contributed by atoms with Gasteiger partial charge in [0.05, 0.1) is 5.69 Å². The van der Waals surface area contributed by atoms with Gasteiger partial charge in [0.2, 0.25) is 0 Å². The number of hydrogen-bond donors (Lipinski definition) is 0. The van der Waals surface area contributed by atoms with Crippen LogP contribution in [0.3, 0.4) is 0 Å². The molecule has 2 atom stereocenters. The number of rotatable bonds is 2. The third-order valence-corrected chi connectivity index (χ3v) is 5.27. The normalized spacial score (nSPS) is 32.1. The molecule has 2 aliphatic heterocycles. The van der Waals surface area contributed by atoms with E-state index in [9.17, 15) is 0 Å². The second-order valence-electron chi connectivity index (χ2n) is 5.60. The Morgan fingerprint density at radius 2 is 1.89 bits per heavy atom. The minimum absolute atomic E-state index is 0.365. The number of aromatic nitrogens is 2. The number of alkyl halides is 1. The van der Waals surface area contributed by atoms with Crippen molar-refractivity contribution in [3.63, 3.8) is 0 Å². The molecule has 18 heavy (non-hydrogen) atoms. The van der Waals surface area contributed by atoms with Crippen LogP contribution in [-0.2, 0) is 13.6 Å². The van der Waals surface area contributed by atoms with Gasteiger partial charge in [0.25, 0.3) is 0 Å². The number of nitrogens with zero attached hydrogens (tertiary/aromatic N) is 3. The van der Waals surface area contributed by atoms with Gasteiger partial charge < -0.3 is 0 Å². The van der Waals surface area contributed by atoms with Gasteiger partial charge in [0.1, 0.15) is 5.15 Å². The fraction of sp³-hybridized carbons (Fsp3) is 0.769. The Morgan fingerprint density at radius 3 is 2.39 bits per heavy atom. The Balaban J connectivity index is 1.81. The summed E-state index contributed by atoms with van der Waals surface area (Å²) in [5.41, 5.74) is 2.24. The molecule has 1 aromatic heterocycles. The van der Waals surface area contributed by atoms with Crippen LogP contribution in [0.15, 0.2) is 0 Å². The van der Waals surface area contributed by atoms with Gasteiger partial charge in [0.15, 0.2) is 0 Å². The van der Waals surface area contributed by atoms with Crippen molar-refractivity contribution < 1.29 is 0 Å². The van der Waals surface area contributed by atoms with Crippen LogP contribution in [0.5, 0.6) is 0 Å². The van der Waals surface area contributed by atoms with Gasteiger partial charge in [-0.3, -0.25) is 9.58 Å². The predicted molar refractivity (Wildman–Crippen MR) is 74.2 cm³/mol. The van der Waals surface area contributed by atoms with Crippen molar-refractivity contribution in [3.8, 4) is 0 Å². The zero-order valence-electron chi connectivity index (χ0n) is 10.9. The van der Waals surface area contributed by atoms with E-state index in [4.69, 9.17) is 23.2 Å². The van der Waals surface area contributed by atoms with Gasteiger partial charge in [-0.2, -0.15) is 5.10 Å². The molecular weight excluding hydrogens is 269 g/mol. The van der Waals surface area contributed by atoms with Crippen LogP contribution in [0.1, 0.15) is 36.9 Å². The number of aryl methyl sites for hydroxylation is 2. The Morgan fingerprint density at radius 1 is 1.28 bits per heavy atom. The molecule has 2 unspecified atom stereocenters. The van der Waals surface area contributed by atoms with Gasteiger partial charge in [0, 0.05) is 36.6 Å². The summed E-state index contributed by atoms with van der Waals surface area (Å²) in [6.45, 7) is 2.97. The van der Waals surface area contributed by atoms with Crippen molar-refractivity contribution in [1.82, 2.24) is 14.7 Å². The second kappa shape index (κ2) is 4.69. The molecule has 5 heteroatoms. The standard InChI is InChI=1S/C13H19Cl2N3/c1-8-12(13(15)17(2)16-8)7-18-10-3-4-11(18)6-9(14)5-10/h9-11H,3-7H2,1-2H3. The zero-order valence-corrected chi connectivity index (χ0v) is 12.4. The largest absolute Gasteiger partial charge is 0.293 e. The second-order valence-corrected chi connectivity index (χ2v) is 6.58. The summed E-state index contributed by atoms with van der Waals surface area (Å²) in [7, 11) is 1.90. The van der Waals surface area contributed by atoms with Crippen molar-refractivity contribution in [2.45, 2.75) is 56.6 Å². The number of halogens is 2. The molecule has 3 nitrogen and oxygen atoms in total. The van der Waals surface area contributed by atoms with E-state index >= 15 is 0 Å². The van der Waals surface area contributed by atoms with Crippen LogP contribution in [0.25, 0.3) is 0 Å². The van der Waals surface area contributed by atoms with E-state index in [1.54, 1.807) is 4.68 Å². The van der Waals surface area contributed by atoms with Crippen molar-refractivity contribution in [2.24, 2.45) is 7.05 Å². The Labute approximate surface area is 118 Å². The zero-order chi connectivity index (χ0) is 12.9. The first kappa shape index (κ1) is 12.8. The summed E-state index contributed by atoms with van der Waals surface area (Å²) in [5.74, 6) is 0. The highest BCUT2D eigenvalue weighted by molar-refractivity contribution is 6.30. The fourth-order valence-electron chi connectivity index (χ4n) is 3.50. The van der Waals surface area contributed by atoms with Crippen molar-refractivity contribution in [1.29, 1.82) is 0 Å². The lowest BCUT2D eigenvalue weighted by atomic mass is 10.0. The molecule has 100 valence electrons. The summed E-state index contributed by atoms with van der Waals surface area (Å²) >= 11 is 12.6. The summed E-state index contributed by atoms with van der Waals surface area (Å²) in [4.78, 5) is 2.59. The van der Waals surface area contributed by atoms with E-state index in [1.807, 2.05) is 14.0 Å². The lowest BCUT2D eigenvalue weighted by molar-refractivity contribution is 0.134. The van der Waals surface area contributed by atoms with Crippen LogP contribution in [0.4, 0.5) is 0 Å². The van der Waals surface area contributed by atoms with E-state index in [2.05, 4.69) is 10.00 Å². The van der Waals surface area contributed by atoms with Gasteiger partial charge in [-0.15, -0.1) is 11.6 Å². The van der Waals surface area contributed by atoms with Gasteiger partial charge in [-0.05, 0) is 32.6 Å². The minimum Gasteiger partial charge on any atom is -0.293 e. The molecule has 0 amide bonds. The minimum atomic E-state index is 0.365. The summed E-state index contributed by atoms with van der Waals surface area (Å²) in [5, 5.41) is 5.54. The molecule has 0 aromatic carbocycles. The average Bonchev–Trinajstić information content (AvgIpc) is 2.68. The Bertz CT molecular complexity index is 443. The smallest absolute Gasteiger partial charge is 0.131 e. The van der Waals surface area contributed by atoms with Crippen LogP contribution < -0.4 is 0 Å². The van der Waals surface area contributed by atoms with Crippen LogP contribution in [0, 0.1) is 6.92 Å². The van der Waals surface area contributed by atoms with E-state index in [1.165, 1.54) is 18.4 Å². The molecule has 0 radical (unpaired) electrons. The molecule has 2 aliphatic rings. The first-order valence-electron chi connectivity index (χ1n) is 6.64. The number of piperidine rings is 1. The van der Waals surface area contributed by atoms with Gasteiger partial charge in [-0.1, -0.05) is 11.6 Å². The molecule has 2 bridgehead atoms. The lowest BCUT2D eigenvalue weighted by Crippen LogP contribution is -2.42. The van der Waals surface area contributed by atoms with Gasteiger partial charge in [-0.25, -0.2) is 0 Å². The summed E-state index contributed by atoms with van der Waals surface area (Å²) < 4.78 is 1.77. The molecule has 2 fully saturated rings. The fourth-order valence-corrected chi connectivity index (χ4v) is 4.15. The third kappa shape index (κ3) is 2.06. The SMILES string of the molecule is Cc1nn(C)c(Cl)c1CN1C2CCC1CC(Cl)C2. The number of hydrogen-bond acceptors (Lipinski definition) is 2. The Kier molecular flexibility index (Phi) is 3.33. The maximum absolute atomic E-state index is 6.33. The first-order valence-corrected chi connectivity index (χ1v) is 7.45. The van der Waals surface area contributed by atoms with E-state index < -0.39 is 0 Å². The highest BCUT2D eigenvalue weighted by Gasteiger charge is 2.40. The molecule has 0 aliphatic carbocycles. The highest BCUT2D eigenvalue weighted by Crippen LogP contribution is 2.39. The molecule has 2 saturated heterocycles. The van der Waals surface area contributed by atoms with Crippen molar-refractivity contribution >= 4 is 23.2 Å². The monoisotopic (exact) mass is 287 g/mol. The maximum atomic E-state index is 6.33. The molecule has 0 spiro atoms. The molecule has 0 saturated carbocycles. The Hall–Kier alpha value is -0.250. The molecule has 3 rings (SSSR count). The van der Waals surface area contributed by atoms with E-state index in [-0.39, 0.29) is 0 Å². The number of fused-ring (bicyclic) bond motifs is 2. The van der Waals surface area contributed by atoms with Crippen LogP contribution in [-0.4, -0.2) is 32.1 Å². The maximum Gasteiger partial charge on any atom is 0.131 e. The quantitative estimate of drug-likeness (QED) is 0.780. The first-order chi connectivity index (χ1) is 8.56. The molecule has 1 aromatic rings. The predicted octanol–water partition coefficient (Wildman–Crippen LogP) is 3.12. The molecule has 3 heterocycles. The van der Waals surface area contributed by atoms with Crippen LogP contribution >= 0.6 is 23.2 Å². The average molecular weight is 288 g/mol. The topological polar surface area (TPSA) is 21.1 Å². The summed E-state index contributed by atoms with van der Waals surface area (Å²) in [6, 6.07) is 1.28. The molecular formula is C13H19Cl2N3. The lowest BCUT2D eigenvalue weighted by Gasteiger charge is -2.36. The van der Waals surface area contributed by atoms with Crippen molar-refractivity contribution in [3.05, 3.63) is 16.4 Å². The van der Waals surface area contributed by atoms with Gasteiger partial charge >= 0.3 is 0 Å². The molecule has 0 N–H and O–H groups in total. The van der Waals surface area contributed by atoms with E-state index in [0.717, 1.165) is 30.2 Å². The van der Waals surface area contributed by atoms with E-state index in [0.29, 0.717) is 17.5 Å².